The summed E-state index contributed by atoms with van der Waals surface area (Å²) in [6.07, 6.45) is 0. The molecule has 0 unspecified atom stereocenters. The lowest BCUT2D eigenvalue weighted by Gasteiger charge is -2.46. The molecule has 2 aromatic carbocycles. The summed E-state index contributed by atoms with van der Waals surface area (Å²) in [5.41, 5.74) is 5.34. The number of methoxy groups -OCH3 is 2. The van der Waals surface area contributed by atoms with Crippen LogP contribution in [0.25, 0.3) is 0 Å². The van der Waals surface area contributed by atoms with E-state index in [2.05, 4.69) is 10.3 Å². The summed E-state index contributed by atoms with van der Waals surface area (Å²) in [4.78, 5) is 30.5. The van der Waals surface area contributed by atoms with Crippen LogP contribution < -0.4 is 15.8 Å². The lowest BCUT2D eigenvalue weighted by Crippen LogP contribution is -2.58. The Morgan fingerprint density at radius 2 is 1.84 bits per heavy atom. The number of halogens is 1. The molecule has 0 bridgehead atoms. The van der Waals surface area contributed by atoms with E-state index in [1.54, 1.807) is 58.2 Å². The molecule has 1 amide bonds. The molecule has 0 aromatic heterocycles. The minimum atomic E-state index is -1.23. The average molecular weight is 442 g/mol. The van der Waals surface area contributed by atoms with Crippen LogP contribution in [0.5, 0.6) is 5.75 Å². The molecule has 3 rings (SSSR count). The molecule has 9 heteroatoms. The van der Waals surface area contributed by atoms with Crippen LogP contribution >= 0.6 is 0 Å². The standard InChI is InChI=1S/C23H27FN4O4/c1-22(2)20(30)28(4)21(25)27-23(22,3)15-12-14(8-9-16(15)24)26-17-10-7-13(19(29)32-6)11-18(17)31-5/h7-12,26H,1-6H3,(H2,25,27)/t23-/m1/s1. The van der Waals surface area contributed by atoms with E-state index in [1.165, 1.54) is 25.2 Å². The number of benzene rings is 2. The number of ether oxygens (including phenoxy) is 2. The summed E-state index contributed by atoms with van der Waals surface area (Å²) in [6, 6.07) is 9.26. The quantitative estimate of drug-likeness (QED) is 0.688. The number of nitrogens with zero attached hydrogens (tertiary/aromatic N) is 2. The fourth-order valence-corrected chi connectivity index (χ4v) is 3.74. The number of amides is 1. The fourth-order valence-electron chi connectivity index (χ4n) is 3.74. The third-order valence-electron chi connectivity index (χ3n) is 6.13. The third-order valence-corrected chi connectivity index (χ3v) is 6.13. The number of nitrogens with two attached hydrogens (primary N) is 1. The Hall–Kier alpha value is -3.62. The minimum absolute atomic E-state index is 0.0228. The van der Waals surface area contributed by atoms with Gasteiger partial charge >= 0.3 is 5.97 Å². The van der Waals surface area contributed by atoms with Crippen molar-refractivity contribution < 1.29 is 23.5 Å². The number of nitrogens with one attached hydrogen (secondary N) is 1. The predicted molar refractivity (Wildman–Crippen MR) is 120 cm³/mol. The lowest BCUT2D eigenvalue weighted by molar-refractivity contribution is -0.140. The number of hydrogen-bond donors (Lipinski definition) is 2. The first-order valence-electron chi connectivity index (χ1n) is 9.93. The van der Waals surface area contributed by atoms with Crippen LogP contribution in [0.15, 0.2) is 41.4 Å². The van der Waals surface area contributed by atoms with Gasteiger partial charge in [-0.15, -0.1) is 0 Å². The van der Waals surface area contributed by atoms with Gasteiger partial charge in [-0.25, -0.2) is 14.2 Å². The van der Waals surface area contributed by atoms with Crippen molar-refractivity contribution in [1.29, 1.82) is 0 Å². The number of aliphatic imine (C=N–C) groups is 1. The molecule has 0 aliphatic carbocycles. The zero-order valence-electron chi connectivity index (χ0n) is 18.9. The maximum atomic E-state index is 15.0. The highest BCUT2D eigenvalue weighted by Crippen LogP contribution is 2.48. The van der Waals surface area contributed by atoms with Crippen molar-refractivity contribution in [3.8, 4) is 5.75 Å². The van der Waals surface area contributed by atoms with Crippen LogP contribution in [-0.4, -0.2) is 44.0 Å². The number of esters is 1. The Morgan fingerprint density at radius 1 is 1.16 bits per heavy atom. The van der Waals surface area contributed by atoms with Crippen LogP contribution in [0.2, 0.25) is 0 Å². The highest BCUT2D eigenvalue weighted by atomic mass is 19.1. The minimum Gasteiger partial charge on any atom is -0.495 e. The van der Waals surface area contributed by atoms with Gasteiger partial charge in [0.05, 0.1) is 30.9 Å². The summed E-state index contributed by atoms with van der Waals surface area (Å²) in [6.45, 7) is 5.13. The first kappa shape index (κ1) is 23.1. The highest BCUT2D eigenvalue weighted by Gasteiger charge is 2.53. The Kier molecular flexibility index (Phi) is 5.86. The molecule has 8 nitrogen and oxygen atoms in total. The first-order chi connectivity index (χ1) is 15.0. The van der Waals surface area contributed by atoms with Gasteiger partial charge in [-0.3, -0.25) is 9.69 Å². The van der Waals surface area contributed by atoms with Crippen molar-refractivity contribution in [2.45, 2.75) is 26.3 Å². The van der Waals surface area contributed by atoms with Crippen LogP contribution in [0.4, 0.5) is 15.8 Å². The Bertz CT molecular complexity index is 1120. The Labute approximate surface area is 186 Å². The van der Waals surface area contributed by atoms with Gasteiger partial charge in [0.25, 0.3) is 0 Å². The van der Waals surface area contributed by atoms with Crippen LogP contribution in [0.1, 0.15) is 36.7 Å². The monoisotopic (exact) mass is 442 g/mol. The maximum Gasteiger partial charge on any atom is 0.337 e. The van der Waals surface area contributed by atoms with Gasteiger partial charge in [-0.2, -0.15) is 0 Å². The Balaban J connectivity index is 2.06. The molecule has 1 heterocycles. The molecular weight excluding hydrogens is 415 g/mol. The zero-order valence-corrected chi connectivity index (χ0v) is 18.9. The number of guanidine groups is 1. The van der Waals surface area contributed by atoms with Gasteiger partial charge in [0, 0.05) is 18.3 Å². The predicted octanol–water partition coefficient (Wildman–Crippen LogP) is 3.39. The van der Waals surface area contributed by atoms with E-state index in [-0.39, 0.29) is 17.4 Å². The number of carbonyl (C=O) groups excluding carboxylic acids is 2. The molecule has 170 valence electrons. The SMILES string of the molecule is COC(=O)c1ccc(Nc2ccc(F)c([C@@]3(C)N=C(N)N(C)C(=O)C3(C)C)c2)c(OC)c1. The molecule has 0 radical (unpaired) electrons. The smallest absolute Gasteiger partial charge is 0.337 e. The van der Waals surface area contributed by atoms with Crippen molar-refractivity contribution in [3.63, 3.8) is 0 Å². The molecular formula is C23H27FN4O4. The number of hydrogen-bond acceptors (Lipinski definition) is 7. The summed E-state index contributed by atoms with van der Waals surface area (Å²) in [7, 11) is 4.32. The molecule has 0 saturated carbocycles. The van der Waals surface area contributed by atoms with Gasteiger partial charge < -0.3 is 20.5 Å². The van der Waals surface area contributed by atoms with E-state index in [0.29, 0.717) is 22.7 Å². The summed E-state index contributed by atoms with van der Waals surface area (Å²) >= 11 is 0. The maximum absolute atomic E-state index is 15.0. The molecule has 1 aliphatic rings. The van der Waals surface area contributed by atoms with E-state index >= 15 is 4.39 Å². The third kappa shape index (κ3) is 3.63. The second-order valence-corrected chi connectivity index (χ2v) is 8.26. The van der Waals surface area contributed by atoms with Crippen LogP contribution in [0, 0.1) is 11.2 Å². The molecule has 1 atom stereocenters. The molecule has 32 heavy (non-hydrogen) atoms. The molecule has 0 fully saturated rings. The largest absolute Gasteiger partial charge is 0.495 e. The number of rotatable bonds is 5. The first-order valence-corrected chi connectivity index (χ1v) is 9.93. The van der Waals surface area contributed by atoms with Crippen molar-refractivity contribution in [3.05, 3.63) is 53.3 Å². The second kappa shape index (κ2) is 8.14. The van der Waals surface area contributed by atoms with Crippen molar-refractivity contribution in [2.24, 2.45) is 16.1 Å². The summed E-state index contributed by atoms with van der Waals surface area (Å²) in [5, 5.41) is 3.17. The van der Waals surface area contributed by atoms with Crippen molar-refractivity contribution >= 4 is 29.2 Å². The summed E-state index contributed by atoms with van der Waals surface area (Å²) < 4.78 is 25.1. The molecule has 0 saturated heterocycles. The van der Waals surface area contributed by atoms with E-state index < -0.39 is 22.7 Å². The van der Waals surface area contributed by atoms with E-state index in [1.807, 2.05) is 0 Å². The topological polar surface area (TPSA) is 106 Å². The van der Waals surface area contributed by atoms with Crippen LogP contribution in [-0.2, 0) is 15.1 Å². The van der Waals surface area contributed by atoms with Gasteiger partial charge in [-0.1, -0.05) is 0 Å². The van der Waals surface area contributed by atoms with E-state index in [4.69, 9.17) is 15.2 Å². The number of anilines is 2. The summed E-state index contributed by atoms with van der Waals surface area (Å²) in [5.74, 6) is -0.827. The second-order valence-electron chi connectivity index (χ2n) is 8.26. The van der Waals surface area contributed by atoms with Crippen molar-refractivity contribution in [1.82, 2.24) is 4.90 Å². The van der Waals surface area contributed by atoms with Crippen molar-refractivity contribution in [2.75, 3.05) is 26.6 Å². The van der Waals surface area contributed by atoms with Crippen LogP contribution in [0.3, 0.4) is 0 Å². The Morgan fingerprint density at radius 3 is 2.47 bits per heavy atom. The highest BCUT2D eigenvalue weighted by molar-refractivity contribution is 6.01. The van der Waals surface area contributed by atoms with Gasteiger partial charge in [0.2, 0.25) is 5.91 Å². The van der Waals surface area contributed by atoms with Gasteiger partial charge in [0.15, 0.2) is 5.96 Å². The molecule has 2 aromatic rings. The number of carbonyl (C=O) groups is 2. The molecule has 0 spiro atoms. The normalized spacial score (nSPS) is 19.9. The van der Waals surface area contributed by atoms with E-state index in [0.717, 1.165) is 0 Å². The molecule has 1 aliphatic heterocycles. The fraction of sp³-hybridized carbons (Fsp3) is 0.348. The lowest BCUT2D eigenvalue weighted by atomic mass is 9.67. The van der Waals surface area contributed by atoms with Gasteiger partial charge in [-0.05, 0) is 57.2 Å². The van der Waals surface area contributed by atoms with Gasteiger partial charge in [0.1, 0.15) is 17.1 Å². The zero-order chi connectivity index (χ0) is 23.8. The average Bonchev–Trinajstić information content (AvgIpc) is 2.77. The van der Waals surface area contributed by atoms with E-state index in [9.17, 15) is 9.59 Å². The molecule has 3 N–H and O–H groups in total.